The predicted octanol–water partition coefficient (Wildman–Crippen LogP) is 4.57. The molecule has 3 N–H and O–H groups in total. The maximum atomic E-state index is 12.0. The zero-order chi connectivity index (χ0) is 15.4. The first-order valence-corrected chi connectivity index (χ1v) is 8.64. The molecule has 110 valence electrons. The third kappa shape index (κ3) is 4.79. The van der Waals surface area contributed by atoms with Gasteiger partial charge in [0.1, 0.15) is 0 Å². The lowest BCUT2D eigenvalue weighted by molar-refractivity contribution is -0.113. The highest BCUT2D eigenvalue weighted by Crippen LogP contribution is 2.28. The van der Waals surface area contributed by atoms with Crippen LogP contribution in [0, 0.1) is 10.5 Å². The van der Waals surface area contributed by atoms with Crippen LogP contribution in [0.2, 0.25) is 5.02 Å². The zero-order valence-corrected chi connectivity index (χ0v) is 15.1. The summed E-state index contributed by atoms with van der Waals surface area (Å²) >= 11 is 9.55. The number of rotatable bonds is 4. The average molecular weight is 433 g/mol. The highest BCUT2D eigenvalue weighted by atomic mass is 127. The van der Waals surface area contributed by atoms with Gasteiger partial charge in [0.15, 0.2) is 0 Å². The van der Waals surface area contributed by atoms with Crippen LogP contribution in [-0.4, -0.2) is 11.7 Å². The van der Waals surface area contributed by atoms with Crippen molar-refractivity contribution < 1.29 is 4.79 Å². The van der Waals surface area contributed by atoms with Crippen LogP contribution in [-0.2, 0) is 4.79 Å². The number of thioether (sulfide) groups is 1. The van der Waals surface area contributed by atoms with Gasteiger partial charge in [0.25, 0.3) is 0 Å². The van der Waals surface area contributed by atoms with Gasteiger partial charge in [-0.1, -0.05) is 11.6 Å². The molecule has 6 heteroatoms. The normalized spacial score (nSPS) is 10.4. The van der Waals surface area contributed by atoms with Gasteiger partial charge in [0.05, 0.1) is 5.75 Å². The van der Waals surface area contributed by atoms with Gasteiger partial charge in [-0.3, -0.25) is 4.79 Å². The number of aryl methyl sites for hydroxylation is 1. The zero-order valence-electron chi connectivity index (χ0n) is 11.3. The monoisotopic (exact) mass is 432 g/mol. The van der Waals surface area contributed by atoms with Gasteiger partial charge in [-0.15, -0.1) is 11.8 Å². The van der Waals surface area contributed by atoms with Gasteiger partial charge >= 0.3 is 0 Å². The van der Waals surface area contributed by atoms with E-state index < -0.39 is 0 Å². The quantitative estimate of drug-likeness (QED) is 0.423. The van der Waals surface area contributed by atoms with Crippen molar-refractivity contribution in [3.05, 3.63) is 50.6 Å². The van der Waals surface area contributed by atoms with Crippen molar-refractivity contribution in [1.29, 1.82) is 0 Å². The largest absolute Gasteiger partial charge is 0.398 e. The summed E-state index contributed by atoms with van der Waals surface area (Å²) in [6, 6.07) is 11.1. The Morgan fingerprint density at radius 2 is 2.10 bits per heavy atom. The van der Waals surface area contributed by atoms with Crippen molar-refractivity contribution in [2.45, 2.75) is 11.8 Å². The molecule has 0 heterocycles. The van der Waals surface area contributed by atoms with Crippen molar-refractivity contribution in [2.75, 3.05) is 16.8 Å². The molecule has 0 aliphatic carbocycles. The number of nitrogens with one attached hydrogen (secondary N) is 1. The van der Waals surface area contributed by atoms with Crippen LogP contribution in [0.25, 0.3) is 0 Å². The number of carbonyl (C=O) groups is 1. The molecule has 2 aromatic rings. The molecular weight excluding hydrogens is 419 g/mol. The van der Waals surface area contributed by atoms with Crippen molar-refractivity contribution >= 4 is 63.2 Å². The summed E-state index contributed by atoms with van der Waals surface area (Å²) in [5.74, 6) is 0.222. The molecule has 2 rings (SSSR count). The molecule has 0 aliphatic rings. The van der Waals surface area contributed by atoms with Gasteiger partial charge in [0.2, 0.25) is 5.91 Å². The van der Waals surface area contributed by atoms with E-state index in [4.69, 9.17) is 17.3 Å². The molecule has 1 amide bonds. The Labute approximate surface area is 146 Å². The molecule has 0 unspecified atom stereocenters. The molecule has 0 bridgehead atoms. The summed E-state index contributed by atoms with van der Waals surface area (Å²) in [4.78, 5) is 12.8. The molecule has 0 saturated heterocycles. The van der Waals surface area contributed by atoms with Crippen LogP contribution >= 0.6 is 46.0 Å². The van der Waals surface area contributed by atoms with Gasteiger partial charge < -0.3 is 11.1 Å². The lowest BCUT2D eigenvalue weighted by atomic mass is 10.2. The standard InChI is InChI=1S/C15H14ClIN2OS/c1-9-6-11(17)3-5-13(9)19-15(20)8-21-14-7-10(16)2-4-12(14)18/h2-7H,8,18H2,1H3,(H,19,20). The minimum atomic E-state index is -0.0660. The van der Waals surface area contributed by atoms with Crippen LogP contribution < -0.4 is 11.1 Å². The minimum absolute atomic E-state index is 0.0660. The Kier molecular flexibility index (Phi) is 5.78. The molecule has 21 heavy (non-hydrogen) atoms. The maximum absolute atomic E-state index is 12.0. The third-order valence-electron chi connectivity index (χ3n) is 2.80. The smallest absolute Gasteiger partial charge is 0.234 e. The maximum Gasteiger partial charge on any atom is 0.234 e. The van der Waals surface area contributed by atoms with Crippen molar-refractivity contribution in [3.8, 4) is 0 Å². The Hall–Kier alpha value is -0.920. The lowest BCUT2D eigenvalue weighted by Gasteiger charge is -2.09. The molecule has 0 aromatic heterocycles. The molecular formula is C15H14ClIN2OS. The summed E-state index contributed by atoms with van der Waals surface area (Å²) in [6.07, 6.45) is 0. The summed E-state index contributed by atoms with van der Waals surface area (Å²) in [6.45, 7) is 1.97. The molecule has 0 atom stereocenters. The van der Waals surface area contributed by atoms with E-state index in [1.165, 1.54) is 11.8 Å². The molecule has 0 spiro atoms. The Bertz CT molecular complexity index is 679. The number of benzene rings is 2. The van der Waals surface area contributed by atoms with Crippen LogP contribution in [0.1, 0.15) is 5.56 Å². The summed E-state index contributed by atoms with van der Waals surface area (Å²) in [5, 5.41) is 3.52. The van der Waals surface area contributed by atoms with Gasteiger partial charge in [-0.05, 0) is 71.5 Å². The lowest BCUT2D eigenvalue weighted by Crippen LogP contribution is -2.15. The summed E-state index contributed by atoms with van der Waals surface area (Å²) < 4.78 is 1.14. The highest BCUT2D eigenvalue weighted by molar-refractivity contribution is 14.1. The molecule has 0 fully saturated rings. The molecule has 0 saturated carbocycles. The van der Waals surface area contributed by atoms with Crippen molar-refractivity contribution in [2.24, 2.45) is 0 Å². The fourth-order valence-corrected chi connectivity index (χ4v) is 3.42. The van der Waals surface area contributed by atoms with E-state index in [1.54, 1.807) is 18.2 Å². The molecule has 0 radical (unpaired) electrons. The predicted molar refractivity (Wildman–Crippen MR) is 99.1 cm³/mol. The molecule has 0 aliphatic heterocycles. The highest BCUT2D eigenvalue weighted by Gasteiger charge is 2.08. The minimum Gasteiger partial charge on any atom is -0.398 e. The first-order chi connectivity index (χ1) is 9.95. The second-order valence-corrected chi connectivity index (χ2v) is 7.18. The number of nitrogens with two attached hydrogens (primary N) is 1. The van der Waals surface area contributed by atoms with Crippen LogP contribution in [0.3, 0.4) is 0 Å². The summed E-state index contributed by atoms with van der Waals surface area (Å²) in [5.41, 5.74) is 8.36. The number of anilines is 2. The summed E-state index contributed by atoms with van der Waals surface area (Å²) in [7, 11) is 0. The fraction of sp³-hybridized carbons (Fsp3) is 0.133. The average Bonchev–Trinajstić information content (AvgIpc) is 2.43. The van der Waals surface area contributed by atoms with E-state index in [1.807, 2.05) is 25.1 Å². The first kappa shape index (κ1) is 16.5. The number of hydrogen-bond donors (Lipinski definition) is 2. The third-order valence-corrected chi connectivity index (χ3v) is 4.77. The topological polar surface area (TPSA) is 55.1 Å². The SMILES string of the molecule is Cc1cc(I)ccc1NC(=O)CSc1cc(Cl)ccc1N. The number of nitrogen functional groups attached to an aromatic ring is 1. The number of halogens is 2. The number of amides is 1. The van der Waals surface area contributed by atoms with E-state index in [0.717, 1.165) is 19.7 Å². The second-order valence-electron chi connectivity index (χ2n) is 4.48. The fourth-order valence-electron chi connectivity index (χ4n) is 1.73. The van der Waals surface area contributed by atoms with Crippen LogP contribution in [0.4, 0.5) is 11.4 Å². The van der Waals surface area contributed by atoms with E-state index in [-0.39, 0.29) is 11.7 Å². The van der Waals surface area contributed by atoms with E-state index in [9.17, 15) is 4.79 Å². The van der Waals surface area contributed by atoms with Gasteiger partial charge in [-0.25, -0.2) is 0 Å². The number of carbonyl (C=O) groups excluding carboxylic acids is 1. The van der Waals surface area contributed by atoms with Crippen LogP contribution in [0.5, 0.6) is 0 Å². The Balaban J connectivity index is 1.97. The first-order valence-electron chi connectivity index (χ1n) is 6.19. The van der Waals surface area contributed by atoms with Crippen molar-refractivity contribution in [3.63, 3.8) is 0 Å². The van der Waals surface area contributed by atoms with Crippen LogP contribution in [0.15, 0.2) is 41.3 Å². The Morgan fingerprint density at radius 1 is 1.33 bits per heavy atom. The van der Waals surface area contributed by atoms with E-state index >= 15 is 0 Å². The van der Waals surface area contributed by atoms with Crippen molar-refractivity contribution in [1.82, 2.24) is 0 Å². The molecule has 3 nitrogen and oxygen atoms in total. The Morgan fingerprint density at radius 3 is 2.81 bits per heavy atom. The number of hydrogen-bond acceptors (Lipinski definition) is 3. The second kappa shape index (κ2) is 7.38. The van der Waals surface area contributed by atoms with E-state index in [2.05, 4.69) is 27.9 Å². The van der Waals surface area contributed by atoms with Gasteiger partial charge in [0, 0.05) is 24.9 Å². The van der Waals surface area contributed by atoms with E-state index in [0.29, 0.717) is 10.7 Å². The molecule has 2 aromatic carbocycles. The van der Waals surface area contributed by atoms with Gasteiger partial charge in [-0.2, -0.15) is 0 Å².